The van der Waals surface area contributed by atoms with Gasteiger partial charge >= 0.3 is 6.03 Å². The van der Waals surface area contributed by atoms with Crippen molar-refractivity contribution in [2.45, 2.75) is 52.7 Å². The Labute approximate surface area is 211 Å². The first-order chi connectivity index (χ1) is 17.3. The van der Waals surface area contributed by atoms with Crippen molar-refractivity contribution in [2.24, 2.45) is 0 Å². The van der Waals surface area contributed by atoms with Crippen LogP contribution in [0, 0.1) is 0 Å². The number of hydrogen-bond acceptors (Lipinski definition) is 5. The molecule has 36 heavy (non-hydrogen) atoms. The van der Waals surface area contributed by atoms with Gasteiger partial charge in [0.05, 0.1) is 12.8 Å². The highest BCUT2D eigenvalue weighted by atomic mass is 16.7. The SMILES string of the molecule is CC(C)c1ccc(NC(=O)N(CC(=O)N(Cc2ccc3c(c2)OCO3)Cc2ccco2)C(C)C)cc1. The number of anilines is 1. The molecule has 1 aromatic heterocycles. The summed E-state index contributed by atoms with van der Waals surface area (Å²) in [5.41, 5.74) is 2.78. The highest BCUT2D eigenvalue weighted by Crippen LogP contribution is 2.33. The van der Waals surface area contributed by atoms with E-state index in [2.05, 4.69) is 19.2 Å². The molecule has 1 N–H and O–H groups in total. The number of carbonyl (C=O) groups excluding carboxylic acids is 2. The molecule has 2 aromatic carbocycles. The zero-order valence-corrected chi connectivity index (χ0v) is 21.2. The second-order valence-electron chi connectivity index (χ2n) is 9.45. The Bertz CT molecular complexity index is 1170. The molecular formula is C28H33N3O5. The third-order valence-electron chi connectivity index (χ3n) is 6.11. The van der Waals surface area contributed by atoms with Gasteiger partial charge in [-0.15, -0.1) is 0 Å². The highest BCUT2D eigenvalue weighted by Gasteiger charge is 2.25. The zero-order chi connectivity index (χ0) is 25.7. The number of fused-ring (bicyclic) bond motifs is 1. The minimum atomic E-state index is -0.323. The molecule has 190 valence electrons. The van der Waals surface area contributed by atoms with Gasteiger partial charge in [0.1, 0.15) is 12.3 Å². The molecule has 8 heteroatoms. The van der Waals surface area contributed by atoms with Crippen molar-refractivity contribution in [3.8, 4) is 11.5 Å². The standard InChI is InChI=1S/C28H33N3O5/c1-19(2)22-8-10-23(11-9-22)29-28(33)31(20(3)4)17-27(32)30(16-24-6-5-13-34-24)15-21-7-12-25-26(14-21)36-18-35-25/h5-14,19-20H,15-18H2,1-4H3,(H,29,33). The molecule has 0 aliphatic carbocycles. The van der Waals surface area contributed by atoms with Crippen LogP contribution >= 0.6 is 0 Å². The van der Waals surface area contributed by atoms with Gasteiger partial charge in [-0.1, -0.05) is 32.0 Å². The summed E-state index contributed by atoms with van der Waals surface area (Å²) >= 11 is 0. The van der Waals surface area contributed by atoms with Gasteiger partial charge in [-0.2, -0.15) is 0 Å². The van der Waals surface area contributed by atoms with Gasteiger partial charge in [-0.25, -0.2) is 4.79 Å². The molecule has 1 aliphatic heterocycles. The molecule has 0 spiro atoms. The maximum absolute atomic E-state index is 13.5. The number of furan rings is 1. The predicted molar refractivity (Wildman–Crippen MR) is 137 cm³/mol. The Morgan fingerprint density at radius 3 is 2.36 bits per heavy atom. The Balaban J connectivity index is 1.47. The molecule has 1 aliphatic rings. The normalized spacial score (nSPS) is 12.2. The number of rotatable bonds is 9. The van der Waals surface area contributed by atoms with Crippen molar-refractivity contribution in [3.05, 3.63) is 77.7 Å². The molecule has 0 saturated heterocycles. The molecule has 0 bridgehead atoms. The molecule has 0 fully saturated rings. The van der Waals surface area contributed by atoms with Gasteiger partial charge in [0.2, 0.25) is 12.7 Å². The second-order valence-corrected chi connectivity index (χ2v) is 9.45. The molecule has 0 radical (unpaired) electrons. The van der Waals surface area contributed by atoms with E-state index < -0.39 is 0 Å². The number of nitrogens with zero attached hydrogens (tertiary/aromatic N) is 2. The van der Waals surface area contributed by atoms with Crippen LogP contribution in [0.15, 0.2) is 65.3 Å². The lowest BCUT2D eigenvalue weighted by molar-refractivity contribution is -0.133. The first kappa shape index (κ1) is 25.2. The number of ether oxygens (including phenoxy) is 2. The monoisotopic (exact) mass is 491 g/mol. The Morgan fingerprint density at radius 1 is 0.944 bits per heavy atom. The second kappa shape index (κ2) is 11.2. The summed E-state index contributed by atoms with van der Waals surface area (Å²) in [6.07, 6.45) is 1.58. The maximum atomic E-state index is 13.5. The van der Waals surface area contributed by atoms with Crippen LogP contribution in [-0.2, 0) is 17.9 Å². The van der Waals surface area contributed by atoms with Crippen LogP contribution in [-0.4, -0.2) is 41.1 Å². The molecule has 3 aromatic rings. The van der Waals surface area contributed by atoms with Crippen LogP contribution in [0.1, 0.15) is 50.5 Å². The predicted octanol–water partition coefficient (Wildman–Crippen LogP) is 5.60. The number of carbonyl (C=O) groups is 2. The smallest absolute Gasteiger partial charge is 0.322 e. The number of urea groups is 1. The topological polar surface area (TPSA) is 84.3 Å². The first-order valence-electron chi connectivity index (χ1n) is 12.2. The van der Waals surface area contributed by atoms with E-state index in [1.165, 1.54) is 10.5 Å². The average molecular weight is 492 g/mol. The summed E-state index contributed by atoms with van der Waals surface area (Å²) in [6.45, 7) is 8.76. The van der Waals surface area contributed by atoms with Crippen molar-refractivity contribution in [2.75, 3.05) is 18.7 Å². The van der Waals surface area contributed by atoms with Gasteiger partial charge in [-0.05, 0) is 67.3 Å². The molecule has 8 nitrogen and oxygen atoms in total. The van der Waals surface area contributed by atoms with Crippen molar-refractivity contribution in [1.29, 1.82) is 0 Å². The van der Waals surface area contributed by atoms with Crippen LogP contribution in [0.25, 0.3) is 0 Å². The van der Waals surface area contributed by atoms with E-state index >= 15 is 0 Å². The van der Waals surface area contributed by atoms with E-state index in [1.54, 1.807) is 17.2 Å². The van der Waals surface area contributed by atoms with Crippen LogP contribution in [0.5, 0.6) is 11.5 Å². The van der Waals surface area contributed by atoms with Crippen LogP contribution < -0.4 is 14.8 Å². The van der Waals surface area contributed by atoms with Gasteiger partial charge < -0.3 is 29.0 Å². The summed E-state index contributed by atoms with van der Waals surface area (Å²) in [4.78, 5) is 29.8. The fraction of sp³-hybridized carbons (Fsp3) is 0.357. The zero-order valence-electron chi connectivity index (χ0n) is 21.2. The van der Waals surface area contributed by atoms with Crippen molar-refractivity contribution < 1.29 is 23.5 Å². The van der Waals surface area contributed by atoms with Gasteiger partial charge in [0, 0.05) is 18.3 Å². The van der Waals surface area contributed by atoms with Crippen molar-refractivity contribution in [3.63, 3.8) is 0 Å². The Morgan fingerprint density at radius 2 is 1.69 bits per heavy atom. The number of hydrogen-bond donors (Lipinski definition) is 1. The van der Waals surface area contributed by atoms with Crippen LogP contribution in [0.4, 0.5) is 10.5 Å². The van der Waals surface area contributed by atoms with Gasteiger partial charge in [0.15, 0.2) is 11.5 Å². The third kappa shape index (κ3) is 6.19. The van der Waals surface area contributed by atoms with Crippen LogP contribution in [0.3, 0.4) is 0 Å². The number of amides is 3. The lowest BCUT2D eigenvalue weighted by Crippen LogP contribution is -2.47. The van der Waals surface area contributed by atoms with Gasteiger partial charge in [0.25, 0.3) is 0 Å². The molecule has 0 atom stereocenters. The Hall–Kier alpha value is -3.94. The molecule has 3 amide bonds. The fourth-order valence-electron chi connectivity index (χ4n) is 3.96. The van der Waals surface area contributed by atoms with Crippen molar-refractivity contribution in [1.82, 2.24) is 9.80 Å². The summed E-state index contributed by atoms with van der Waals surface area (Å²) in [6, 6.07) is 16.5. The van der Waals surface area contributed by atoms with E-state index in [1.807, 2.05) is 62.4 Å². The average Bonchev–Trinajstić information content (AvgIpc) is 3.53. The molecule has 0 saturated carbocycles. The van der Waals surface area contributed by atoms with Crippen LogP contribution in [0.2, 0.25) is 0 Å². The fourth-order valence-corrected chi connectivity index (χ4v) is 3.96. The third-order valence-corrected chi connectivity index (χ3v) is 6.11. The summed E-state index contributed by atoms with van der Waals surface area (Å²) in [5.74, 6) is 2.22. The van der Waals surface area contributed by atoms with Crippen molar-refractivity contribution >= 4 is 17.6 Å². The Kier molecular flexibility index (Phi) is 7.83. The minimum Gasteiger partial charge on any atom is -0.467 e. The largest absolute Gasteiger partial charge is 0.467 e. The number of nitrogens with one attached hydrogen (secondary N) is 1. The molecule has 4 rings (SSSR count). The maximum Gasteiger partial charge on any atom is 0.322 e. The van der Waals surface area contributed by atoms with E-state index in [9.17, 15) is 9.59 Å². The first-order valence-corrected chi connectivity index (χ1v) is 12.2. The minimum absolute atomic E-state index is 0.0706. The van der Waals surface area contributed by atoms with Gasteiger partial charge in [-0.3, -0.25) is 4.79 Å². The van der Waals surface area contributed by atoms with E-state index in [0.717, 1.165) is 5.56 Å². The van der Waals surface area contributed by atoms with E-state index in [4.69, 9.17) is 13.9 Å². The summed E-state index contributed by atoms with van der Waals surface area (Å²) in [5, 5.41) is 2.92. The quantitative estimate of drug-likeness (QED) is 0.421. The lowest BCUT2D eigenvalue weighted by atomic mass is 10.0. The number of benzene rings is 2. The molecular weight excluding hydrogens is 458 g/mol. The van der Waals surface area contributed by atoms with E-state index in [-0.39, 0.29) is 37.9 Å². The molecule has 0 unspecified atom stereocenters. The highest BCUT2D eigenvalue weighted by molar-refractivity contribution is 5.92. The van der Waals surface area contributed by atoms with E-state index in [0.29, 0.717) is 35.4 Å². The molecule has 2 heterocycles. The lowest BCUT2D eigenvalue weighted by Gasteiger charge is -2.30. The summed E-state index contributed by atoms with van der Waals surface area (Å²) in [7, 11) is 0. The summed E-state index contributed by atoms with van der Waals surface area (Å²) < 4.78 is 16.4.